The smallest absolute Gasteiger partial charge is 0.275 e. The van der Waals surface area contributed by atoms with E-state index in [-0.39, 0.29) is 17.8 Å². The zero-order valence-electron chi connectivity index (χ0n) is 15.7. The molecular weight excluding hydrogens is 321 g/mol. The monoisotopic (exact) mass is 353 g/mol. The minimum Gasteiger partial charge on any atom is -0.496 e. The lowest BCUT2D eigenvalue weighted by molar-refractivity contribution is -1.02. The molecule has 0 unspecified atom stereocenters. The third kappa shape index (κ3) is 6.29. The molecule has 1 aromatic rings. The van der Waals surface area contributed by atoms with Crippen LogP contribution >= 0.6 is 0 Å². The Balaban J connectivity index is 1.78. The summed E-state index contributed by atoms with van der Waals surface area (Å²) in [5.74, 6) is 0.663. The molecule has 1 amide bonds. The average molecular weight is 353 g/mol. The molecule has 1 fully saturated rings. The lowest BCUT2D eigenvalue weighted by Crippen LogP contribution is -3.28. The van der Waals surface area contributed by atoms with E-state index < -0.39 is 0 Å². The van der Waals surface area contributed by atoms with Gasteiger partial charge in [-0.2, -0.15) is 0 Å². The van der Waals surface area contributed by atoms with Crippen LogP contribution in [0.2, 0.25) is 0 Å². The fourth-order valence-electron chi connectivity index (χ4n) is 3.52. The van der Waals surface area contributed by atoms with Gasteiger partial charge >= 0.3 is 0 Å². The first-order chi connectivity index (χ1) is 12.0. The van der Waals surface area contributed by atoms with Crippen molar-refractivity contribution in [1.29, 1.82) is 0 Å². The SMILES string of the molecule is CCC[C@H](C)NC(=O)C[NH+]1CC[NH+](Cc2cc(F)ccc2OC)CC1. The molecule has 1 aliphatic rings. The molecule has 3 N–H and O–H groups in total. The number of nitrogens with one attached hydrogen (secondary N) is 3. The van der Waals surface area contributed by atoms with Crippen molar-refractivity contribution in [3.63, 3.8) is 0 Å². The molecule has 5 nitrogen and oxygen atoms in total. The molecule has 0 aliphatic carbocycles. The maximum absolute atomic E-state index is 13.5. The minimum absolute atomic E-state index is 0.145. The standard InChI is InChI=1S/C19H30FN3O2/c1-4-5-15(2)21-19(24)14-23-10-8-22(9-11-23)13-16-12-17(20)6-7-18(16)25-3/h6-7,12,15H,4-5,8-11,13-14H2,1-3H3,(H,21,24)/p+2/t15-/m0/s1. The molecule has 1 atom stereocenters. The summed E-state index contributed by atoms with van der Waals surface area (Å²) in [5, 5.41) is 3.08. The average Bonchev–Trinajstić information content (AvgIpc) is 2.57. The second-order valence-corrected chi connectivity index (χ2v) is 7.07. The van der Waals surface area contributed by atoms with E-state index in [1.165, 1.54) is 15.9 Å². The third-order valence-corrected chi connectivity index (χ3v) is 4.89. The lowest BCUT2D eigenvalue weighted by atomic mass is 10.1. The van der Waals surface area contributed by atoms with E-state index in [1.807, 2.05) is 0 Å². The van der Waals surface area contributed by atoms with Crippen molar-refractivity contribution >= 4 is 5.91 Å². The predicted octanol–water partition coefficient (Wildman–Crippen LogP) is -0.577. The van der Waals surface area contributed by atoms with Gasteiger partial charge in [0, 0.05) is 6.04 Å². The molecule has 0 aromatic heterocycles. The van der Waals surface area contributed by atoms with Crippen LogP contribution in [0.4, 0.5) is 4.39 Å². The molecule has 0 bridgehead atoms. The van der Waals surface area contributed by atoms with E-state index in [1.54, 1.807) is 19.2 Å². The number of carbonyl (C=O) groups excluding carboxylic acids is 1. The van der Waals surface area contributed by atoms with Gasteiger partial charge in [0.2, 0.25) is 0 Å². The molecule has 25 heavy (non-hydrogen) atoms. The number of amides is 1. The van der Waals surface area contributed by atoms with Gasteiger partial charge in [0.1, 0.15) is 44.3 Å². The number of hydrogen-bond donors (Lipinski definition) is 3. The summed E-state index contributed by atoms with van der Waals surface area (Å²) < 4.78 is 18.8. The van der Waals surface area contributed by atoms with Gasteiger partial charge in [-0.15, -0.1) is 0 Å². The minimum atomic E-state index is -0.225. The van der Waals surface area contributed by atoms with Crippen LogP contribution in [0, 0.1) is 5.82 Å². The third-order valence-electron chi connectivity index (χ3n) is 4.89. The summed E-state index contributed by atoms with van der Waals surface area (Å²) in [6.45, 7) is 9.37. The number of ether oxygens (including phenoxy) is 1. The van der Waals surface area contributed by atoms with Crippen LogP contribution in [0.25, 0.3) is 0 Å². The Kier molecular flexibility index (Phi) is 7.65. The van der Waals surface area contributed by atoms with Gasteiger partial charge in [-0.1, -0.05) is 13.3 Å². The maximum atomic E-state index is 13.5. The van der Waals surface area contributed by atoms with E-state index in [0.29, 0.717) is 6.54 Å². The Morgan fingerprint density at radius 2 is 1.96 bits per heavy atom. The Morgan fingerprint density at radius 1 is 1.28 bits per heavy atom. The molecule has 1 aliphatic heterocycles. The van der Waals surface area contributed by atoms with Crippen LogP contribution in [0.5, 0.6) is 5.75 Å². The van der Waals surface area contributed by atoms with Crippen molar-refractivity contribution in [2.75, 3.05) is 39.8 Å². The molecule has 2 rings (SSSR count). The van der Waals surface area contributed by atoms with Crippen LogP contribution in [0.15, 0.2) is 18.2 Å². The molecule has 1 saturated heterocycles. The summed E-state index contributed by atoms with van der Waals surface area (Å²) in [6, 6.07) is 4.93. The van der Waals surface area contributed by atoms with Crippen LogP contribution < -0.4 is 19.9 Å². The van der Waals surface area contributed by atoms with Crippen molar-refractivity contribution < 1.29 is 23.7 Å². The summed E-state index contributed by atoms with van der Waals surface area (Å²) in [5.41, 5.74) is 0.909. The maximum Gasteiger partial charge on any atom is 0.275 e. The molecule has 0 spiro atoms. The number of halogens is 1. The number of hydrogen-bond acceptors (Lipinski definition) is 2. The largest absolute Gasteiger partial charge is 0.496 e. The van der Waals surface area contributed by atoms with E-state index in [2.05, 4.69) is 19.2 Å². The Hall–Kier alpha value is -1.66. The van der Waals surface area contributed by atoms with Gasteiger partial charge in [-0.05, 0) is 31.5 Å². The predicted molar refractivity (Wildman–Crippen MR) is 95.4 cm³/mol. The second-order valence-electron chi connectivity index (χ2n) is 7.07. The van der Waals surface area contributed by atoms with Crippen molar-refractivity contribution in [1.82, 2.24) is 5.32 Å². The summed E-state index contributed by atoms with van der Waals surface area (Å²) in [4.78, 5) is 14.8. The molecule has 1 heterocycles. The van der Waals surface area contributed by atoms with Gasteiger partial charge in [0.05, 0.1) is 12.7 Å². The first kappa shape index (κ1) is 19.7. The topological polar surface area (TPSA) is 47.2 Å². The number of benzene rings is 1. The summed E-state index contributed by atoms with van der Waals surface area (Å²) >= 11 is 0. The van der Waals surface area contributed by atoms with Crippen LogP contribution in [-0.4, -0.2) is 51.8 Å². The highest BCUT2D eigenvalue weighted by Crippen LogP contribution is 2.18. The molecule has 0 radical (unpaired) electrons. The fourth-order valence-corrected chi connectivity index (χ4v) is 3.52. The molecule has 140 valence electrons. The highest BCUT2D eigenvalue weighted by molar-refractivity contribution is 5.77. The first-order valence-corrected chi connectivity index (χ1v) is 9.30. The normalized spacial score (nSPS) is 21.6. The first-order valence-electron chi connectivity index (χ1n) is 9.30. The zero-order valence-corrected chi connectivity index (χ0v) is 15.7. The Morgan fingerprint density at radius 3 is 2.60 bits per heavy atom. The molecule has 6 heteroatoms. The number of carbonyl (C=O) groups is 1. The van der Waals surface area contributed by atoms with Crippen LogP contribution in [0.1, 0.15) is 32.3 Å². The van der Waals surface area contributed by atoms with Gasteiger partial charge in [0.15, 0.2) is 6.54 Å². The number of methoxy groups -OCH3 is 1. The lowest BCUT2D eigenvalue weighted by Gasteiger charge is -2.30. The van der Waals surface area contributed by atoms with Gasteiger partial charge in [0.25, 0.3) is 5.91 Å². The van der Waals surface area contributed by atoms with Gasteiger partial charge in [-0.3, -0.25) is 4.79 Å². The van der Waals surface area contributed by atoms with Gasteiger partial charge < -0.3 is 19.9 Å². The molecule has 1 aromatic carbocycles. The van der Waals surface area contributed by atoms with E-state index in [9.17, 15) is 9.18 Å². The van der Waals surface area contributed by atoms with E-state index >= 15 is 0 Å². The zero-order chi connectivity index (χ0) is 18.2. The van der Waals surface area contributed by atoms with Crippen LogP contribution in [-0.2, 0) is 11.3 Å². The second kappa shape index (κ2) is 9.73. The van der Waals surface area contributed by atoms with E-state index in [0.717, 1.165) is 56.9 Å². The number of quaternary nitrogens is 2. The molecule has 0 saturated carbocycles. The van der Waals surface area contributed by atoms with Crippen molar-refractivity contribution in [3.8, 4) is 5.75 Å². The van der Waals surface area contributed by atoms with Crippen molar-refractivity contribution in [3.05, 3.63) is 29.6 Å². The Bertz CT molecular complexity index is 560. The van der Waals surface area contributed by atoms with Gasteiger partial charge in [-0.25, -0.2) is 4.39 Å². The van der Waals surface area contributed by atoms with E-state index in [4.69, 9.17) is 4.74 Å². The molecular formula is C19H32FN3O2+2. The number of rotatable bonds is 8. The summed E-state index contributed by atoms with van der Waals surface area (Å²) in [7, 11) is 1.62. The fraction of sp³-hybridized carbons (Fsp3) is 0.632. The number of piperazine rings is 1. The highest BCUT2D eigenvalue weighted by Gasteiger charge is 2.26. The highest BCUT2D eigenvalue weighted by atomic mass is 19.1. The van der Waals surface area contributed by atoms with Crippen molar-refractivity contribution in [2.45, 2.75) is 39.3 Å². The quantitative estimate of drug-likeness (QED) is 0.586. The van der Waals surface area contributed by atoms with Crippen molar-refractivity contribution in [2.24, 2.45) is 0 Å². The summed E-state index contributed by atoms with van der Waals surface area (Å²) in [6.07, 6.45) is 2.11. The Labute approximate surface area is 150 Å². The van der Waals surface area contributed by atoms with Crippen LogP contribution in [0.3, 0.4) is 0 Å².